The Labute approximate surface area is 142 Å². The van der Waals surface area contributed by atoms with E-state index < -0.39 is 0 Å². The summed E-state index contributed by atoms with van der Waals surface area (Å²) in [7, 11) is 0. The summed E-state index contributed by atoms with van der Waals surface area (Å²) in [6.45, 7) is 3.70. The second-order valence-corrected chi connectivity index (χ2v) is 7.11. The lowest BCUT2D eigenvalue weighted by Gasteiger charge is -2.17. The number of hydrogen-bond acceptors (Lipinski definition) is 3. The van der Waals surface area contributed by atoms with E-state index in [0.717, 1.165) is 31.6 Å². The first kappa shape index (κ1) is 15.4. The fraction of sp³-hybridized carbons (Fsp3) is 0.526. The van der Waals surface area contributed by atoms with Crippen molar-refractivity contribution in [1.29, 1.82) is 0 Å². The summed E-state index contributed by atoms with van der Waals surface area (Å²) in [6, 6.07) is 8.59. The van der Waals surface area contributed by atoms with Gasteiger partial charge >= 0.3 is 0 Å². The number of carbonyl (C=O) groups is 1. The Balaban J connectivity index is 1.32. The molecule has 4 rings (SSSR count). The molecule has 2 aliphatic rings. The Kier molecular flexibility index (Phi) is 4.08. The molecule has 0 spiro atoms. The van der Waals surface area contributed by atoms with E-state index >= 15 is 0 Å². The van der Waals surface area contributed by atoms with Crippen LogP contribution in [0.25, 0.3) is 0 Å². The summed E-state index contributed by atoms with van der Waals surface area (Å²) < 4.78 is 1.97. The van der Waals surface area contributed by atoms with Gasteiger partial charge in [-0.15, -0.1) is 5.10 Å². The van der Waals surface area contributed by atoms with Gasteiger partial charge in [0.15, 0.2) is 0 Å². The Morgan fingerprint density at radius 3 is 2.88 bits per heavy atom. The maximum Gasteiger partial charge on any atom is 0.222 e. The number of likely N-dealkylation sites (tertiary alicyclic amines) is 1. The van der Waals surface area contributed by atoms with E-state index in [0.29, 0.717) is 12.3 Å². The summed E-state index contributed by atoms with van der Waals surface area (Å²) in [4.78, 5) is 14.5. The molecule has 1 atom stereocenters. The number of benzene rings is 1. The van der Waals surface area contributed by atoms with Gasteiger partial charge in [-0.25, -0.2) is 4.68 Å². The molecule has 0 N–H and O–H groups in total. The van der Waals surface area contributed by atoms with Gasteiger partial charge in [0.05, 0.1) is 11.7 Å². The number of hydrogen-bond donors (Lipinski definition) is 0. The second kappa shape index (κ2) is 6.38. The van der Waals surface area contributed by atoms with Crippen molar-refractivity contribution in [2.75, 3.05) is 13.1 Å². The van der Waals surface area contributed by atoms with Gasteiger partial charge in [0, 0.05) is 31.6 Å². The number of carbonyl (C=O) groups excluding carboxylic acids is 1. The Hall–Kier alpha value is -2.17. The third-order valence-corrected chi connectivity index (χ3v) is 5.28. The van der Waals surface area contributed by atoms with Gasteiger partial charge in [-0.2, -0.15) is 0 Å². The highest BCUT2D eigenvalue weighted by Gasteiger charge is 2.31. The molecule has 1 aromatic carbocycles. The van der Waals surface area contributed by atoms with Crippen LogP contribution in [-0.2, 0) is 11.2 Å². The Bertz CT molecular complexity index is 734. The molecule has 5 heteroatoms. The minimum Gasteiger partial charge on any atom is -0.340 e. The SMILES string of the molecule is Cc1ccccc1CCC(=O)N1CCC(n2cc(C3CC3)nn2)C1. The first-order valence-corrected chi connectivity index (χ1v) is 8.94. The molecule has 1 aromatic heterocycles. The van der Waals surface area contributed by atoms with E-state index in [1.807, 2.05) is 21.7 Å². The molecule has 0 bridgehead atoms. The van der Waals surface area contributed by atoms with Crippen LogP contribution in [0.2, 0.25) is 0 Å². The van der Waals surface area contributed by atoms with Gasteiger partial charge < -0.3 is 4.90 Å². The van der Waals surface area contributed by atoms with Crippen molar-refractivity contribution < 1.29 is 4.79 Å². The monoisotopic (exact) mass is 324 g/mol. The molecular formula is C19H24N4O. The minimum absolute atomic E-state index is 0.253. The molecule has 1 saturated carbocycles. The Morgan fingerprint density at radius 1 is 1.25 bits per heavy atom. The van der Waals surface area contributed by atoms with Crippen LogP contribution >= 0.6 is 0 Å². The van der Waals surface area contributed by atoms with Crippen LogP contribution in [0.4, 0.5) is 0 Å². The molecule has 126 valence electrons. The van der Waals surface area contributed by atoms with Gasteiger partial charge in [0.25, 0.3) is 0 Å². The minimum atomic E-state index is 0.253. The van der Waals surface area contributed by atoms with E-state index in [-0.39, 0.29) is 11.9 Å². The number of rotatable bonds is 5. The summed E-state index contributed by atoms with van der Waals surface area (Å²) in [5.41, 5.74) is 3.66. The first-order valence-electron chi connectivity index (χ1n) is 8.94. The zero-order chi connectivity index (χ0) is 16.5. The van der Waals surface area contributed by atoms with E-state index in [4.69, 9.17) is 0 Å². The molecule has 2 heterocycles. The van der Waals surface area contributed by atoms with Gasteiger partial charge in [-0.1, -0.05) is 29.5 Å². The third kappa shape index (κ3) is 3.21. The average molecular weight is 324 g/mol. The molecular weight excluding hydrogens is 300 g/mol. The molecule has 1 aliphatic heterocycles. The molecule has 1 unspecified atom stereocenters. The molecule has 2 aromatic rings. The quantitative estimate of drug-likeness (QED) is 0.850. The van der Waals surface area contributed by atoms with Crippen molar-refractivity contribution in [2.24, 2.45) is 0 Å². The fourth-order valence-corrected chi connectivity index (χ4v) is 3.51. The summed E-state index contributed by atoms with van der Waals surface area (Å²) in [5.74, 6) is 0.885. The maximum absolute atomic E-state index is 12.5. The van der Waals surface area contributed by atoms with Gasteiger partial charge in [-0.3, -0.25) is 4.79 Å². The van der Waals surface area contributed by atoms with Crippen molar-refractivity contribution in [3.8, 4) is 0 Å². The lowest BCUT2D eigenvalue weighted by Crippen LogP contribution is -2.29. The largest absolute Gasteiger partial charge is 0.340 e. The second-order valence-electron chi connectivity index (χ2n) is 7.11. The molecule has 2 fully saturated rings. The van der Waals surface area contributed by atoms with Crippen LogP contribution in [-0.4, -0.2) is 38.9 Å². The zero-order valence-electron chi connectivity index (χ0n) is 14.2. The van der Waals surface area contributed by atoms with Crippen molar-refractivity contribution in [3.63, 3.8) is 0 Å². The summed E-state index contributed by atoms with van der Waals surface area (Å²) in [5, 5.41) is 8.57. The van der Waals surface area contributed by atoms with E-state index in [1.54, 1.807) is 0 Å². The third-order valence-electron chi connectivity index (χ3n) is 5.28. The number of aryl methyl sites for hydroxylation is 2. The topological polar surface area (TPSA) is 51.0 Å². The molecule has 1 saturated heterocycles. The predicted octanol–water partition coefficient (Wildman–Crippen LogP) is 2.87. The molecule has 5 nitrogen and oxygen atoms in total. The number of aromatic nitrogens is 3. The van der Waals surface area contributed by atoms with Gasteiger partial charge in [0.2, 0.25) is 5.91 Å². The summed E-state index contributed by atoms with van der Waals surface area (Å²) >= 11 is 0. The van der Waals surface area contributed by atoms with E-state index in [9.17, 15) is 4.79 Å². The first-order chi connectivity index (χ1) is 11.7. The standard InChI is InChI=1S/C19H24N4O/c1-14-4-2-3-5-15(14)8-9-19(24)22-11-10-17(12-22)23-13-18(20-21-23)16-6-7-16/h2-5,13,16-17H,6-12H2,1H3. The van der Waals surface area contributed by atoms with E-state index in [1.165, 1.54) is 24.0 Å². The molecule has 1 amide bonds. The normalized spacial score (nSPS) is 20.5. The highest BCUT2D eigenvalue weighted by molar-refractivity contribution is 5.76. The van der Waals surface area contributed by atoms with Crippen LogP contribution in [0.1, 0.15) is 54.5 Å². The van der Waals surface area contributed by atoms with Crippen molar-refractivity contribution in [1.82, 2.24) is 19.9 Å². The van der Waals surface area contributed by atoms with Crippen LogP contribution < -0.4 is 0 Å². The van der Waals surface area contributed by atoms with Crippen LogP contribution in [0, 0.1) is 6.92 Å². The molecule has 24 heavy (non-hydrogen) atoms. The van der Waals surface area contributed by atoms with Crippen molar-refractivity contribution >= 4 is 5.91 Å². The summed E-state index contributed by atoms with van der Waals surface area (Å²) in [6.07, 6.45) is 6.96. The Morgan fingerprint density at radius 2 is 2.08 bits per heavy atom. The maximum atomic E-state index is 12.5. The van der Waals surface area contributed by atoms with Crippen molar-refractivity contribution in [3.05, 3.63) is 47.3 Å². The smallest absolute Gasteiger partial charge is 0.222 e. The lowest BCUT2D eigenvalue weighted by molar-refractivity contribution is -0.130. The van der Waals surface area contributed by atoms with E-state index in [2.05, 4.69) is 35.6 Å². The van der Waals surface area contributed by atoms with Crippen LogP contribution in [0.5, 0.6) is 0 Å². The zero-order valence-corrected chi connectivity index (χ0v) is 14.2. The van der Waals surface area contributed by atoms with Gasteiger partial charge in [0.1, 0.15) is 0 Å². The number of amides is 1. The molecule has 1 aliphatic carbocycles. The number of nitrogens with zero attached hydrogens (tertiary/aromatic N) is 4. The van der Waals surface area contributed by atoms with Gasteiger partial charge in [-0.05, 0) is 43.7 Å². The molecule has 0 radical (unpaired) electrons. The van der Waals surface area contributed by atoms with Crippen LogP contribution in [0.15, 0.2) is 30.5 Å². The highest BCUT2D eigenvalue weighted by Crippen LogP contribution is 2.39. The van der Waals surface area contributed by atoms with Crippen LogP contribution in [0.3, 0.4) is 0 Å². The highest BCUT2D eigenvalue weighted by atomic mass is 16.2. The predicted molar refractivity (Wildman–Crippen MR) is 91.7 cm³/mol. The fourth-order valence-electron chi connectivity index (χ4n) is 3.51. The van der Waals surface area contributed by atoms with Crippen molar-refractivity contribution in [2.45, 2.75) is 51.0 Å². The average Bonchev–Trinajstić information content (AvgIpc) is 3.12. The lowest BCUT2D eigenvalue weighted by atomic mass is 10.0.